The Hall–Kier alpha value is -1.69. The number of hydrogen-bond acceptors (Lipinski definition) is 3. The monoisotopic (exact) mass is 306 g/mol. The Morgan fingerprint density at radius 2 is 2.10 bits per heavy atom. The SMILES string of the molecule is CSc1ccccc1NC(=O)N1C2CCC1C(C(=O)O)C2. The van der Waals surface area contributed by atoms with Gasteiger partial charge in [0.1, 0.15) is 0 Å². The maximum absolute atomic E-state index is 12.5. The second-order valence-electron chi connectivity index (χ2n) is 5.52. The van der Waals surface area contributed by atoms with Crippen molar-refractivity contribution in [1.82, 2.24) is 4.90 Å². The summed E-state index contributed by atoms with van der Waals surface area (Å²) in [5, 5.41) is 12.2. The number of hydrogen-bond donors (Lipinski definition) is 2. The van der Waals surface area contributed by atoms with Crippen LogP contribution < -0.4 is 5.32 Å². The highest BCUT2D eigenvalue weighted by Crippen LogP contribution is 2.42. The number of carbonyl (C=O) groups is 2. The topological polar surface area (TPSA) is 69.6 Å². The smallest absolute Gasteiger partial charge is 0.322 e. The van der Waals surface area contributed by atoms with E-state index < -0.39 is 11.9 Å². The van der Waals surface area contributed by atoms with Crippen molar-refractivity contribution in [2.75, 3.05) is 11.6 Å². The zero-order valence-corrected chi connectivity index (χ0v) is 12.6. The molecule has 2 bridgehead atoms. The Bertz CT molecular complexity index is 578. The molecule has 3 unspecified atom stereocenters. The third-order valence-electron chi connectivity index (χ3n) is 4.44. The molecule has 1 aromatic rings. The molecular weight excluding hydrogens is 288 g/mol. The molecule has 0 saturated carbocycles. The summed E-state index contributed by atoms with van der Waals surface area (Å²) in [4.78, 5) is 26.5. The minimum atomic E-state index is -0.787. The maximum Gasteiger partial charge on any atom is 0.322 e. The molecule has 1 aromatic carbocycles. The van der Waals surface area contributed by atoms with E-state index >= 15 is 0 Å². The lowest BCUT2D eigenvalue weighted by Gasteiger charge is -2.24. The van der Waals surface area contributed by atoms with Crippen LogP contribution in [0.4, 0.5) is 10.5 Å². The molecule has 5 nitrogen and oxygen atoms in total. The van der Waals surface area contributed by atoms with E-state index in [-0.39, 0.29) is 18.1 Å². The number of rotatable bonds is 3. The number of anilines is 1. The van der Waals surface area contributed by atoms with Gasteiger partial charge in [0.25, 0.3) is 0 Å². The molecule has 112 valence electrons. The first-order valence-electron chi connectivity index (χ1n) is 7.07. The Morgan fingerprint density at radius 1 is 1.33 bits per heavy atom. The van der Waals surface area contributed by atoms with Crippen molar-refractivity contribution in [3.63, 3.8) is 0 Å². The molecular formula is C15H18N2O3S. The van der Waals surface area contributed by atoms with Crippen molar-refractivity contribution in [2.45, 2.75) is 36.2 Å². The van der Waals surface area contributed by atoms with Crippen LogP contribution in [0.25, 0.3) is 0 Å². The summed E-state index contributed by atoms with van der Waals surface area (Å²) in [6.45, 7) is 0. The zero-order chi connectivity index (χ0) is 15.0. The predicted molar refractivity (Wildman–Crippen MR) is 81.6 cm³/mol. The Kier molecular flexibility index (Phi) is 3.80. The lowest BCUT2D eigenvalue weighted by atomic mass is 9.89. The molecule has 2 saturated heterocycles. The number of thioether (sulfide) groups is 1. The normalized spacial score (nSPS) is 26.9. The highest BCUT2D eigenvalue weighted by Gasteiger charge is 2.51. The van der Waals surface area contributed by atoms with E-state index in [2.05, 4.69) is 5.32 Å². The number of aliphatic carboxylic acids is 1. The molecule has 0 aliphatic carbocycles. The number of nitrogens with zero attached hydrogens (tertiary/aromatic N) is 1. The van der Waals surface area contributed by atoms with E-state index in [0.717, 1.165) is 23.4 Å². The van der Waals surface area contributed by atoms with Gasteiger partial charge in [-0.2, -0.15) is 0 Å². The zero-order valence-electron chi connectivity index (χ0n) is 11.8. The standard InChI is InChI=1S/C15H18N2O3S/c1-21-13-5-3-2-4-11(13)16-15(20)17-9-6-7-12(17)10(8-9)14(18)19/h2-5,9-10,12H,6-8H2,1H3,(H,16,20)(H,18,19). The summed E-state index contributed by atoms with van der Waals surface area (Å²) in [6, 6.07) is 7.38. The lowest BCUT2D eigenvalue weighted by Crippen LogP contribution is -2.40. The molecule has 0 radical (unpaired) electrons. The number of amides is 2. The Labute approximate surface area is 127 Å². The van der Waals surface area contributed by atoms with Gasteiger partial charge in [0, 0.05) is 17.0 Å². The van der Waals surface area contributed by atoms with Crippen LogP contribution in [-0.4, -0.2) is 40.3 Å². The minimum absolute atomic E-state index is 0.0672. The van der Waals surface area contributed by atoms with Crippen molar-refractivity contribution in [3.05, 3.63) is 24.3 Å². The van der Waals surface area contributed by atoms with E-state index in [9.17, 15) is 14.7 Å². The molecule has 21 heavy (non-hydrogen) atoms. The second kappa shape index (κ2) is 5.60. The molecule has 2 amide bonds. The van der Waals surface area contributed by atoms with Crippen molar-refractivity contribution < 1.29 is 14.7 Å². The van der Waals surface area contributed by atoms with Crippen LogP contribution in [0.15, 0.2) is 29.2 Å². The van der Waals surface area contributed by atoms with E-state index in [0.29, 0.717) is 6.42 Å². The third kappa shape index (κ3) is 2.48. The molecule has 2 aliphatic rings. The summed E-state index contributed by atoms with van der Waals surface area (Å²) < 4.78 is 0. The summed E-state index contributed by atoms with van der Waals surface area (Å²) in [5.41, 5.74) is 0.785. The Morgan fingerprint density at radius 3 is 2.76 bits per heavy atom. The van der Waals surface area contributed by atoms with Crippen LogP contribution in [0, 0.1) is 5.92 Å². The van der Waals surface area contributed by atoms with Gasteiger partial charge in [0.05, 0.1) is 11.6 Å². The Balaban J connectivity index is 1.76. The number of carboxylic acids is 1. The van der Waals surface area contributed by atoms with E-state index in [1.165, 1.54) is 0 Å². The van der Waals surface area contributed by atoms with Gasteiger partial charge in [0.2, 0.25) is 0 Å². The van der Waals surface area contributed by atoms with Crippen molar-refractivity contribution in [3.8, 4) is 0 Å². The van der Waals surface area contributed by atoms with Gasteiger partial charge >= 0.3 is 12.0 Å². The highest BCUT2D eigenvalue weighted by atomic mass is 32.2. The summed E-state index contributed by atoms with van der Waals surface area (Å²) in [6.07, 6.45) is 4.24. The number of carboxylic acid groups (broad SMARTS) is 1. The third-order valence-corrected chi connectivity index (χ3v) is 5.23. The first-order valence-corrected chi connectivity index (χ1v) is 8.29. The molecule has 3 atom stereocenters. The number of fused-ring (bicyclic) bond motifs is 2. The van der Waals surface area contributed by atoms with Gasteiger partial charge in [-0.25, -0.2) is 4.79 Å². The molecule has 2 aliphatic heterocycles. The maximum atomic E-state index is 12.5. The van der Waals surface area contributed by atoms with E-state index in [4.69, 9.17) is 0 Å². The van der Waals surface area contributed by atoms with Gasteiger partial charge in [-0.3, -0.25) is 4.79 Å². The van der Waals surface area contributed by atoms with Crippen molar-refractivity contribution in [2.24, 2.45) is 5.92 Å². The summed E-state index contributed by atoms with van der Waals surface area (Å²) >= 11 is 1.58. The van der Waals surface area contributed by atoms with Gasteiger partial charge < -0.3 is 15.3 Å². The molecule has 3 rings (SSSR count). The van der Waals surface area contributed by atoms with Gasteiger partial charge in [-0.15, -0.1) is 11.8 Å². The van der Waals surface area contributed by atoms with Crippen LogP contribution >= 0.6 is 11.8 Å². The first kappa shape index (κ1) is 14.3. The van der Waals surface area contributed by atoms with Crippen LogP contribution in [0.1, 0.15) is 19.3 Å². The summed E-state index contributed by atoms with van der Waals surface area (Å²) in [7, 11) is 0. The van der Waals surface area contributed by atoms with Crippen LogP contribution in [0.2, 0.25) is 0 Å². The lowest BCUT2D eigenvalue weighted by molar-refractivity contribution is -0.142. The molecule has 2 heterocycles. The van der Waals surface area contributed by atoms with Crippen LogP contribution in [0.5, 0.6) is 0 Å². The van der Waals surface area contributed by atoms with E-state index in [1.54, 1.807) is 16.7 Å². The van der Waals surface area contributed by atoms with Gasteiger partial charge in [-0.05, 0) is 37.7 Å². The van der Waals surface area contributed by atoms with Gasteiger partial charge in [-0.1, -0.05) is 12.1 Å². The number of carbonyl (C=O) groups excluding carboxylic acids is 1. The van der Waals surface area contributed by atoms with Crippen LogP contribution in [-0.2, 0) is 4.79 Å². The molecule has 6 heteroatoms. The second-order valence-corrected chi connectivity index (χ2v) is 6.36. The average Bonchev–Trinajstić information content (AvgIpc) is 3.05. The average molecular weight is 306 g/mol. The first-order chi connectivity index (χ1) is 10.1. The summed E-state index contributed by atoms with van der Waals surface area (Å²) in [5.74, 6) is -1.20. The molecule has 2 fully saturated rings. The fraction of sp³-hybridized carbons (Fsp3) is 0.467. The number of urea groups is 1. The van der Waals surface area contributed by atoms with Crippen LogP contribution in [0.3, 0.4) is 0 Å². The molecule has 0 aromatic heterocycles. The van der Waals surface area contributed by atoms with E-state index in [1.807, 2.05) is 30.5 Å². The number of para-hydroxylation sites is 1. The fourth-order valence-electron chi connectivity index (χ4n) is 3.50. The van der Waals surface area contributed by atoms with Crippen molar-refractivity contribution in [1.29, 1.82) is 0 Å². The molecule has 0 spiro atoms. The largest absolute Gasteiger partial charge is 0.481 e. The number of benzene rings is 1. The number of nitrogens with one attached hydrogen (secondary N) is 1. The quantitative estimate of drug-likeness (QED) is 0.843. The predicted octanol–water partition coefficient (Wildman–Crippen LogP) is 2.88. The highest BCUT2D eigenvalue weighted by molar-refractivity contribution is 7.98. The fourth-order valence-corrected chi connectivity index (χ4v) is 4.05. The molecule has 2 N–H and O–H groups in total. The minimum Gasteiger partial charge on any atom is -0.481 e. The van der Waals surface area contributed by atoms with Gasteiger partial charge in [0.15, 0.2) is 0 Å². The van der Waals surface area contributed by atoms with Crippen molar-refractivity contribution >= 4 is 29.4 Å².